The second-order valence-corrected chi connectivity index (χ2v) is 7.15. The number of esters is 1. The van der Waals surface area contributed by atoms with Crippen molar-refractivity contribution in [3.8, 4) is 5.75 Å². The Morgan fingerprint density at radius 1 is 1.33 bits per heavy atom. The number of carbonyl (C=O) groups excluding carboxylic acids is 1. The number of methoxy groups -OCH3 is 1. The van der Waals surface area contributed by atoms with Gasteiger partial charge in [0.25, 0.3) is 0 Å². The molecule has 1 aromatic rings. The summed E-state index contributed by atoms with van der Waals surface area (Å²) in [5.41, 5.74) is 0.661. The van der Waals surface area contributed by atoms with Gasteiger partial charge in [0.2, 0.25) is 0 Å². The summed E-state index contributed by atoms with van der Waals surface area (Å²) in [6, 6.07) is 5.95. The zero-order chi connectivity index (χ0) is 15.6. The first-order valence-corrected chi connectivity index (χ1v) is 7.88. The zero-order valence-corrected chi connectivity index (χ0v) is 14.5. The van der Waals surface area contributed by atoms with Crippen LogP contribution in [0.2, 0.25) is 0 Å². The normalized spacial score (nSPS) is 22.1. The van der Waals surface area contributed by atoms with Gasteiger partial charge < -0.3 is 14.8 Å². The van der Waals surface area contributed by atoms with Crippen molar-refractivity contribution in [2.24, 2.45) is 5.92 Å². The van der Waals surface area contributed by atoms with Crippen LogP contribution in [0.15, 0.2) is 22.7 Å². The van der Waals surface area contributed by atoms with Crippen LogP contribution in [0, 0.1) is 5.92 Å². The number of ether oxygens (including phenoxy) is 2. The third-order valence-electron chi connectivity index (χ3n) is 3.53. The summed E-state index contributed by atoms with van der Waals surface area (Å²) in [6.45, 7) is 7.12. The van der Waals surface area contributed by atoms with Crippen molar-refractivity contribution < 1.29 is 14.3 Å². The summed E-state index contributed by atoms with van der Waals surface area (Å²) >= 11 is 3.50. The standard InChI is InChI=1S/C16H22BrNO3/c1-16(2,3)21-15(19)12-9-18-8-11(12)10-5-6-14(20-4)13(17)7-10/h5-7,11-12,18H,8-9H2,1-4H3. The Labute approximate surface area is 134 Å². The maximum Gasteiger partial charge on any atom is 0.311 e. The number of hydrogen-bond acceptors (Lipinski definition) is 4. The largest absolute Gasteiger partial charge is 0.496 e. The lowest BCUT2D eigenvalue weighted by Crippen LogP contribution is -2.31. The van der Waals surface area contributed by atoms with Crippen LogP contribution in [0.3, 0.4) is 0 Å². The Bertz CT molecular complexity index is 525. The molecule has 1 saturated heterocycles. The number of rotatable bonds is 3. The third-order valence-corrected chi connectivity index (χ3v) is 4.15. The molecule has 1 N–H and O–H groups in total. The molecule has 2 rings (SSSR count). The molecule has 1 aromatic carbocycles. The van der Waals surface area contributed by atoms with Crippen molar-refractivity contribution in [3.05, 3.63) is 28.2 Å². The Morgan fingerprint density at radius 2 is 2.05 bits per heavy atom. The molecular weight excluding hydrogens is 334 g/mol. The van der Waals surface area contributed by atoms with Crippen LogP contribution in [0.25, 0.3) is 0 Å². The van der Waals surface area contributed by atoms with E-state index < -0.39 is 5.60 Å². The van der Waals surface area contributed by atoms with E-state index in [4.69, 9.17) is 9.47 Å². The lowest BCUT2D eigenvalue weighted by Gasteiger charge is -2.25. The summed E-state index contributed by atoms with van der Waals surface area (Å²) in [7, 11) is 1.64. The monoisotopic (exact) mass is 355 g/mol. The average Bonchev–Trinajstić information content (AvgIpc) is 2.85. The second-order valence-electron chi connectivity index (χ2n) is 6.30. The zero-order valence-electron chi connectivity index (χ0n) is 12.9. The summed E-state index contributed by atoms with van der Waals surface area (Å²) in [6.07, 6.45) is 0. The highest BCUT2D eigenvalue weighted by molar-refractivity contribution is 9.10. The van der Waals surface area contributed by atoms with Gasteiger partial charge in [0.05, 0.1) is 17.5 Å². The van der Waals surface area contributed by atoms with Gasteiger partial charge in [0.15, 0.2) is 0 Å². The quantitative estimate of drug-likeness (QED) is 0.846. The van der Waals surface area contributed by atoms with Crippen LogP contribution < -0.4 is 10.1 Å². The van der Waals surface area contributed by atoms with E-state index in [1.165, 1.54) is 0 Å². The molecule has 0 aromatic heterocycles. The molecule has 0 spiro atoms. The first-order chi connectivity index (χ1) is 9.81. The van der Waals surface area contributed by atoms with E-state index in [2.05, 4.69) is 21.2 Å². The first kappa shape index (κ1) is 16.3. The minimum atomic E-state index is -0.454. The van der Waals surface area contributed by atoms with Gasteiger partial charge in [-0.25, -0.2) is 0 Å². The van der Waals surface area contributed by atoms with E-state index in [9.17, 15) is 4.79 Å². The lowest BCUT2D eigenvalue weighted by molar-refractivity contribution is -0.159. The smallest absolute Gasteiger partial charge is 0.311 e. The van der Waals surface area contributed by atoms with Crippen molar-refractivity contribution >= 4 is 21.9 Å². The highest BCUT2D eigenvalue weighted by atomic mass is 79.9. The summed E-state index contributed by atoms with van der Waals surface area (Å²) in [5, 5.41) is 3.29. The van der Waals surface area contributed by atoms with Gasteiger partial charge in [0, 0.05) is 19.0 Å². The molecule has 21 heavy (non-hydrogen) atoms. The molecule has 2 unspecified atom stereocenters. The van der Waals surface area contributed by atoms with E-state index in [0.717, 1.165) is 22.3 Å². The predicted octanol–water partition coefficient (Wildman–Crippen LogP) is 3.10. The minimum absolute atomic E-state index is 0.127. The average molecular weight is 356 g/mol. The van der Waals surface area contributed by atoms with Crippen molar-refractivity contribution in [2.75, 3.05) is 20.2 Å². The van der Waals surface area contributed by atoms with Gasteiger partial charge in [-0.15, -0.1) is 0 Å². The van der Waals surface area contributed by atoms with E-state index in [1.54, 1.807) is 7.11 Å². The number of halogens is 1. The maximum atomic E-state index is 12.4. The molecule has 4 nitrogen and oxygen atoms in total. The van der Waals surface area contributed by atoms with Gasteiger partial charge in [-0.2, -0.15) is 0 Å². The van der Waals surface area contributed by atoms with Crippen LogP contribution in [-0.2, 0) is 9.53 Å². The highest BCUT2D eigenvalue weighted by Gasteiger charge is 2.37. The topological polar surface area (TPSA) is 47.6 Å². The van der Waals surface area contributed by atoms with Crippen molar-refractivity contribution in [2.45, 2.75) is 32.3 Å². The molecule has 1 fully saturated rings. The van der Waals surface area contributed by atoms with Crippen LogP contribution in [0.1, 0.15) is 32.3 Å². The molecular formula is C16H22BrNO3. The lowest BCUT2D eigenvalue weighted by atomic mass is 9.89. The van der Waals surface area contributed by atoms with E-state index in [1.807, 2.05) is 39.0 Å². The van der Waals surface area contributed by atoms with Gasteiger partial charge in [-0.05, 0) is 54.4 Å². The second kappa shape index (κ2) is 6.36. The number of nitrogens with one attached hydrogen (secondary N) is 1. The van der Waals surface area contributed by atoms with Crippen molar-refractivity contribution in [1.82, 2.24) is 5.32 Å². The number of carbonyl (C=O) groups is 1. The fraction of sp³-hybridized carbons (Fsp3) is 0.562. The van der Waals surface area contributed by atoms with Crippen LogP contribution in [0.4, 0.5) is 0 Å². The van der Waals surface area contributed by atoms with Crippen LogP contribution >= 0.6 is 15.9 Å². The molecule has 0 amide bonds. The molecule has 116 valence electrons. The molecule has 1 heterocycles. The van der Waals surface area contributed by atoms with Gasteiger partial charge in [-0.3, -0.25) is 4.79 Å². The fourth-order valence-electron chi connectivity index (χ4n) is 2.57. The molecule has 5 heteroatoms. The van der Waals surface area contributed by atoms with Gasteiger partial charge in [-0.1, -0.05) is 6.07 Å². The van der Waals surface area contributed by atoms with Gasteiger partial charge in [0.1, 0.15) is 11.4 Å². The number of benzene rings is 1. The predicted molar refractivity (Wildman–Crippen MR) is 85.6 cm³/mol. The Hall–Kier alpha value is -1.07. The van der Waals surface area contributed by atoms with E-state index in [-0.39, 0.29) is 17.8 Å². The molecule has 1 aliphatic heterocycles. The molecule has 2 atom stereocenters. The van der Waals surface area contributed by atoms with Crippen LogP contribution in [0.5, 0.6) is 5.75 Å². The van der Waals surface area contributed by atoms with Crippen molar-refractivity contribution in [3.63, 3.8) is 0 Å². The van der Waals surface area contributed by atoms with Crippen molar-refractivity contribution in [1.29, 1.82) is 0 Å². The molecule has 0 radical (unpaired) electrons. The van der Waals surface area contributed by atoms with Crippen LogP contribution in [-0.4, -0.2) is 31.8 Å². The Kier molecular flexibility index (Phi) is 4.94. The van der Waals surface area contributed by atoms with Gasteiger partial charge >= 0.3 is 5.97 Å². The fourth-order valence-corrected chi connectivity index (χ4v) is 3.13. The Morgan fingerprint density at radius 3 is 2.62 bits per heavy atom. The summed E-state index contributed by atoms with van der Waals surface area (Å²) in [4.78, 5) is 12.4. The minimum Gasteiger partial charge on any atom is -0.496 e. The third kappa shape index (κ3) is 3.98. The summed E-state index contributed by atoms with van der Waals surface area (Å²) < 4.78 is 11.7. The molecule has 1 aliphatic rings. The first-order valence-electron chi connectivity index (χ1n) is 7.09. The maximum absolute atomic E-state index is 12.4. The summed E-state index contributed by atoms with van der Waals surface area (Å²) in [5.74, 6) is 0.634. The molecule has 0 saturated carbocycles. The number of hydrogen-bond donors (Lipinski definition) is 1. The van der Waals surface area contributed by atoms with E-state index in [0.29, 0.717) is 6.54 Å². The molecule has 0 bridgehead atoms. The highest BCUT2D eigenvalue weighted by Crippen LogP contribution is 2.34. The van der Waals surface area contributed by atoms with E-state index >= 15 is 0 Å². The molecule has 0 aliphatic carbocycles. The SMILES string of the molecule is COc1ccc(C2CNCC2C(=O)OC(C)(C)C)cc1Br. The Balaban J connectivity index is 2.18.